The topological polar surface area (TPSA) is 38.7 Å². The fourth-order valence-corrected chi connectivity index (χ4v) is 11.6. The second-order valence-corrected chi connectivity index (χ2v) is 18.5. The minimum atomic E-state index is -0.486. The molecular weight excluding hydrogens is 835 g/mol. The number of benzene rings is 9. The fourth-order valence-electron chi connectivity index (χ4n) is 11.6. The van der Waals surface area contributed by atoms with E-state index < -0.39 is 5.41 Å². The molecular formula is C66H43N3. The first kappa shape index (κ1) is 39.4. The highest BCUT2D eigenvalue weighted by Gasteiger charge is 2.46. The lowest BCUT2D eigenvalue weighted by molar-refractivity contribution is 0.769. The molecule has 0 radical (unpaired) electrons. The Morgan fingerprint density at radius 1 is 0.377 bits per heavy atom. The van der Waals surface area contributed by atoms with Crippen molar-refractivity contribution in [2.75, 3.05) is 0 Å². The Morgan fingerprint density at radius 2 is 0.986 bits per heavy atom. The number of fused-ring (bicyclic) bond motifs is 10. The highest BCUT2D eigenvalue weighted by Crippen LogP contribution is 2.57. The first-order chi connectivity index (χ1) is 34.2. The molecule has 322 valence electrons. The monoisotopic (exact) mass is 877 g/mol. The van der Waals surface area contributed by atoms with Crippen LogP contribution in [0.5, 0.6) is 0 Å². The van der Waals surface area contributed by atoms with E-state index in [0.717, 1.165) is 79.1 Å². The van der Waals surface area contributed by atoms with Gasteiger partial charge in [0, 0.05) is 38.2 Å². The van der Waals surface area contributed by atoms with Crippen LogP contribution in [0, 0.1) is 0 Å². The molecule has 0 spiro atoms. The molecule has 12 aromatic rings. The Labute approximate surface area is 400 Å². The highest BCUT2D eigenvalue weighted by atomic mass is 14.8. The number of para-hydroxylation sites is 1. The summed E-state index contributed by atoms with van der Waals surface area (Å²) < 4.78 is 0. The summed E-state index contributed by atoms with van der Waals surface area (Å²) in [6.07, 6.45) is 6.58. The maximum atomic E-state index is 5.46. The van der Waals surface area contributed by atoms with E-state index in [1.54, 1.807) is 0 Å². The molecule has 0 aliphatic heterocycles. The van der Waals surface area contributed by atoms with Crippen LogP contribution in [0.3, 0.4) is 0 Å². The summed E-state index contributed by atoms with van der Waals surface area (Å²) in [5.41, 5.74) is 21.3. The van der Waals surface area contributed by atoms with Gasteiger partial charge in [0.15, 0.2) is 0 Å². The van der Waals surface area contributed by atoms with E-state index in [1.807, 2.05) is 6.07 Å². The third-order valence-electron chi connectivity index (χ3n) is 14.8. The molecule has 3 heteroatoms. The Hall–Kier alpha value is -8.79. The summed E-state index contributed by atoms with van der Waals surface area (Å²) >= 11 is 0. The van der Waals surface area contributed by atoms with Crippen molar-refractivity contribution in [1.29, 1.82) is 0 Å². The molecule has 0 fully saturated rings. The summed E-state index contributed by atoms with van der Waals surface area (Å²) in [5, 5.41) is 5.69. The zero-order valence-electron chi connectivity index (χ0n) is 37.8. The average Bonchev–Trinajstić information content (AvgIpc) is 3.72. The van der Waals surface area contributed by atoms with Gasteiger partial charge in [-0.1, -0.05) is 206 Å². The number of aromatic nitrogens is 3. The van der Waals surface area contributed by atoms with Crippen LogP contribution in [0.1, 0.15) is 39.8 Å². The van der Waals surface area contributed by atoms with Crippen LogP contribution < -0.4 is 0 Å². The fraction of sp³-hybridized carbons (Fsp3) is 0.0455. The van der Waals surface area contributed by atoms with Crippen LogP contribution in [0.15, 0.2) is 231 Å². The van der Waals surface area contributed by atoms with Crippen molar-refractivity contribution in [1.82, 2.24) is 15.0 Å². The molecule has 3 aromatic heterocycles. The lowest BCUT2D eigenvalue weighted by Gasteiger charge is -2.34. The number of hydrogen-bond donors (Lipinski definition) is 0. The minimum absolute atomic E-state index is 0.486. The second-order valence-electron chi connectivity index (χ2n) is 18.5. The van der Waals surface area contributed by atoms with E-state index in [4.69, 9.17) is 15.0 Å². The van der Waals surface area contributed by atoms with E-state index in [2.05, 4.69) is 231 Å². The van der Waals surface area contributed by atoms with Gasteiger partial charge >= 0.3 is 0 Å². The first-order valence-electron chi connectivity index (χ1n) is 24.0. The SMILES string of the molecule is C1=Cc2c(-c3ccc(-c4nc5ccccc5c5cc6c(cc45)-c4ccccc4C6(c4ccccc4)c4ccccc4)cc3)ccc(-c3ccc4ccc5ccc(-c6ccccc6)nc5c4n3)c2CC1. The van der Waals surface area contributed by atoms with E-state index in [1.165, 1.54) is 66.6 Å². The van der Waals surface area contributed by atoms with Crippen LogP contribution in [-0.4, -0.2) is 15.0 Å². The molecule has 0 N–H and O–H groups in total. The lowest BCUT2D eigenvalue weighted by Crippen LogP contribution is -2.28. The Balaban J connectivity index is 0.895. The normalized spacial score (nSPS) is 13.4. The molecule has 3 nitrogen and oxygen atoms in total. The van der Waals surface area contributed by atoms with Crippen molar-refractivity contribution < 1.29 is 0 Å². The van der Waals surface area contributed by atoms with Gasteiger partial charge in [-0.3, -0.25) is 0 Å². The van der Waals surface area contributed by atoms with Crippen molar-refractivity contribution in [2.45, 2.75) is 18.3 Å². The van der Waals surface area contributed by atoms with E-state index in [0.29, 0.717) is 0 Å². The van der Waals surface area contributed by atoms with Crippen LogP contribution in [-0.2, 0) is 11.8 Å². The molecule has 69 heavy (non-hydrogen) atoms. The molecule has 0 bridgehead atoms. The Kier molecular flexibility index (Phi) is 8.93. The Bertz CT molecular complexity index is 4000. The second kappa shape index (κ2) is 15.7. The molecule has 0 saturated heterocycles. The minimum Gasteiger partial charge on any atom is -0.247 e. The van der Waals surface area contributed by atoms with Crippen molar-refractivity contribution in [3.63, 3.8) is 0 Å². The molecule has 0 atom stereocenters. The standard InChI is InChI=1S/C66H43N3/c1-4-16-43(17-5-1)60-38-34-45-32-33-46-35-39-62(69-65(46)64(45)67-60)54-37-36-49(50-22-10-11-23-51(50)54)42-28-30-44(31-29-42)63-57-40-56-52-24-12-14-26-58(52)66(47-18-6-2-7-19-47,48-20-8-3-9-21-48)59(56)41-55(57)53-25-13-15-27-61(53)68-63/h1-10,12-22,24-41H,11,23H2. The quantitative estimate of drug-likeness (QED) is 0.156. The molecule has 2 aliphatic carbocycles. The maximum absolute atomic E-state index is 5.46. The van der Waals surface area contributed by atoms with E-state index >= 15 is 0 Å². The molecule has 14 rings (SSSR count). The molecule has 0 unspecified atom stereocenters. The number of nitrogens with zero attached hydrogens (tertiary/aromatic N) is 3. The van der Waals surface area contributed by atoms with Gasteiger partial charge in [-0.2, -0.15) is 0 Å². The van der Waals surface area contributed by atoms with Gasteiger partial charge in [0.2, 0.25) is 0 Å². The number of pyridine rings is 3. The zero-order chi connectivity index (χ0) is 45.5. The summed E-state index contributed by atoms with van der Waals surface area (Å²) in [4.78, 5) is 16.0. The highest BCUT2D eigenvalue weighted by molar-refractivity contribution is 6.13. The average molecular weight is 878 g/mol. The number of rotatable bonds is 6. The van der Waals surface area contributed by atoms with Gasteiger partial charge in [-0.05, 0) is 104 Å². The summed E-state index contributed by atoms with van der Waals surface area (Å²) in [5.74, 6) is 0. The van der Waals surface area contributed by atoms with Gasteiger partial charge in [-0.15, -0.1) is 0 Å². The van der Waals surface area contributed by atoms with Crippen molar-refractivity contribution in [3.8, 4) is 56.0 Å². The number of hydrogen-bond acceptors (Lipinski definition) is 3. The van der Waals surface area contributed by atoms with Crippen LogP contribution in [0.4, 0.5) is 0 Å². The zero-order valence-corrected chi connectivity index (χ0v) is 37.8. The third kappa shape index (κ3) is 6.10. The van der Waals surface area contributed by atoms with Crippen LogP contribution in [0.25, 0.3) is 106 Å². The summed E-state index contributed by atoms with van der Waals surface area (Å²) in [6.45, 7) is 0. The number of allylic oxidation sites excluding steroid dienone is 1. The molecule has 3 heterocycles. The van der Waals surface area contributed by atoms with Crippen molar-refractivity contribution in [3.05, 3.63) is 264 Å². The van der Waals surface area contributed by atoms with E-state index in [9.17, 15) is 0 Å². The predicted octanol–water partition coefficient (Wildman–Crippen LogP) is 16.5. The van der Waals surface area contributed by atoms with Crippen LogP contribution >= 0.6 is 0 Å². The van der Waals surface area contributed by atoms with Crippen molar-refractivity contribution in [2.24, 2.45) is 0 Å². The van der Waals surface area contributed by atoms with Crippen molar-refractivity contribution >= 4 is 49.6 Å². The predicted molar refractivity (Wildman–Crippen MR) is 286 cm³/mol. The molecule has 2 aliphatic rings. The largest absolute Gasteiger partial charge is 0.247 e. The van der Waals surface area contributed by atoms with Gasteiger partial charge in [-0.25, -0.2) is 15.0 Å². The molecule has 0 saturated carbocycles. The maximum Gasteiger partial charge on any atom is 0.0972 e. The molecule has 9 aromatic carbocycles. The first-order valence-corrected chi connectivity index (χ1v) is 24.0. The van der Waals surface area contributed by atoms with E-state index in [-0.39, 0.29) is 0 Å². The lowest BCUT2D eigenvalue weighted by atomic mass is 9.67. The van der Waals surface area contributed by atoms with Gasteiger partial charge < -0.3 is 0 Å². The third-order valence-corrected chi connectivity index (χ3v) is 14.8. The van der Waals surface area contributed by atoms with Gasteiger partial charge in [0.1, 0.15) is 0 Å². The van der Waals surface area contributed by atoms with Crippen LogP contribution in [0.2, 0.25) is 0 Å². The molecule has 0 amide bonds. The smallest absolute Gasteiger partial charge is 0.0972 e. The van der Waals surface area contributed by atoms with Gasteiger partial charge in [0.05, 0.1) is 39.0 Å². The Morgan fingerprint density at radius 3 is 1.74 bits per heavy atom. The van der Waals surface area contributed by atoms with Gasteiger partial charge in [0.25, 0.3) is 0 Å². The summed E-state index contributed by atoms with van der Waals surface area (Å²) in [7, 11) is 0. The summed E-state index contributed by atoms with van der Waals surface area (Å²) in [6, 6.07) is 81.7.